The van der Waals surface area contributed by atoms with Crippen LogP contribution in [0.4, 0.5) is 18.9 Å². The lowest BCUT2D eigenvalue weighted by Crippen LogP contribution is -2.30. The average molecular weight is 481 g/mol. The second-order valence-corrected chi connectivity index (χ2v) is 7.23. The summed E-state index contributed by atoms with van der Waals surface area (Å²) in [5.74, 6) is -0.517. The summed E-state index contributed by atoms with van der Waals surface area (Å²) in [5.41, 5.74) is 0.477. The van der Waals surface area contributed by atoms with E-state index in [0.717, 1.165) is 6.07 Å². The molecule has 12 heteroatoms. The molecule has 33 heavy (non-hydrogen) atoms. The number of carbonyl (C=O) groups is 1. The number of halogens is 4. The van der Waals surface area contributed by atoms with Gasteiger partial charge in [-0.15, -0.1) is 0 Å². The first kappa shape index (κ1) is 24.2. The van der Waals surface area contributed by atoms with E-state index >= 15 is 0 Å². The second-order valence-electron chi connectivity index (χ2n) is 6.88. The molecule has 3 rings (SSSR count). The van der Waals surface area contributed by atoms with Crippen molar-refractivity contribution in [3.63, 3.8) is 0 Å². The summed E-state index contributed by atoms with van der Waals surface area (Å²) in [5, 5.41) is 8.17. The van der Waals surface area contributed by atoms with Crippen LogP contribution in [0.2, 0.25) is 5.15 Å². The predicted octanol–water partition coefficient (Wildman–Crippen LogP) is 4.92. The fourth-order valence-corrected chi connectivity index (χ4v) is 3.08. The van der Waals surface area contributed by atoms with Gasteiger partial charge in [0.2, 0.25) is 11.8 Å². The minimum absolute atomic E-state index is 0.0803. The molecule has 0 atom stereocenters. The van der Waals surface area contributed by atoms with Crippen LogP contribution < -0.4 is 9.74 Å². The molecule has 0 bridgehead atoms. The van der Waals surface area contributed by atoms with Crippen molar-refractivity contribution >= 4 is 28.9 Å². The number of rotatable bonds is 8. The molecule has 3 aromatic heterocycles. The standard InChI is InChI=1S/C21H20ClF3N6O2/c1-3-30(16-13-31(28-20(16)22)15-6-5-11-26-12-15)19(32)10-9-14(2)29-33-18-8-4-7-17(27-18)21(23,24)25/h4-8,11-13H,3,9-10H2,1-2H3. The number of aromatic nitrogens is 4. The summed E-state index contributed by atoms with van der Waals surface area (Å²) in [7, 11) is 0. The predicted molar refractivity (Wildman–Crippen MR) is 117 cm³/mol. The Balaban J connectivity index is 1.63. The summed E-state index contributed by atoms with van der Waals surface area (Å²) < 4.78 is 39.7. The quantitative estimate of drug-likeness (QED) is 0.337. The van der Waals surface area contributed by atoms with E-state index in [1.165, 1.54) is 21.7 Å². The molecule has 0 aliphatic rings. The van der Waals surface area contributed by atoms with Crippen molar-refractivity contribution in [1.29, 1.82) is 0 Å². The van der Waals surface area contributed by atoms with Crippen LogP contribution in [0, 0.1) is 0 Å². The minimum atomic E-state index is -4.58. The molecule has 174 valence electrons. The van der Waals surface area contributed by atoms with Crippen molar-refractivity contribution < 1.29 is 22.8 Å². The van der Waals surface area contributed by atoms with Crippen molar-refractivity contribution in [2.24, 2.45) is 5.16 Å². The van der Waals surface area contributed by atoms with Crippen LogP contribution in [0.5, 0.6) is 5.88 Å². The first-order valence-corrected chi connectivity index (χ1v) is 10.3. The highest BCUT2D eigenvalue weighted by atomic mass is 35.5. The molecule has 0 spiro atoms. The minimum Gasteiger partial charge on any atom is -0.337 e. The van der Waals surface area contributed by atoms with E-state index < -0.39 is 11.9 Å². The third-order valence-electron chi connectivity index (χ3n) is 4.48. The van der Waals surface area contributed by atoms with E-state index in [-0.39, 0.29) is 29.8 Å². The maximum Gasteiger partial charge on any atom is 0.433 e. The van der Waals surface area contributed by atoms with Crippen LogP contribution in [0.25, 0.3) is 5.69 Å². The third-order valence-corrected chi connectivity index (χ3v) is 4.75. The fraction of sp³-hybridized carbons (Fsp3) is 0.286. The first-order chi connectivity index (χ1) is 15.7. The molecule has 0 aliphatic heterocycles. The lowest BCUT2D eigenvalue weighted by atomic mass is 10.2. The van der Waals surface area contributed by atoms with Crippen molar-refractivity contribution in [3.8, 4) is 11.6 Å². The number of nitrogens with zero attached hydrogens (tertiary/aromatic N) is 6. The van der Waals surface area contributed by atoms with E-state index in [4.69, 9.17) is 16.4 Å². The number of carbonyl (C=O) groups excluding carboxylic acids is 1. The van der Waals surface area contributed by atoms with Gasteiger partial charge in [-0.25, -0.2) is 9.67 Å². The zero-order valence-corrected chi connectivity index (χ0v) is 18.5. The van der Waals surface area contributed by atoms with Crippen molar-refractivity contribution in [3.05, 3.63) is 59.8 Å². The lowest BCUT2D eigenvalue weighted by molar-refractivity contribution is -0.141. The Bertz CT molecular complexity index is 1130. The van der Waals surface area contributed by atoms with Gasteiger partial charge in [0.15, 0.2) is 5.15 Å². The largest absolute Gasteiger partial charge is 0.433 e. The van der Waals surface area contributed by atoms with Crippen molar-refractivity contribution in [2.45, 2.75) is 32.9 Å². The highest BCUT2D eigenvalue weighted by molar-refractivity contribution is 6.32. The van der Waals surface area contributed by atoms with Gasteiger partial charge in [0.25, 0.3) is 0 Å². The van der Waals surface area contributed by atoms with Gasteiger partial charge in [-0.3, -0.25) is 9.78 Å². The summed E-state index contributed by atoms with van der Waals surface area (Å²) >= 11 is 6.26. The Kier molecular flexibility index (Phi) is 7.64. The lowest BCUT2D eigenvalue weighted by Gasteiger charge is -2.19. The molecule has 3 heterocycles. The number of alkyl halides is 3. The Labute approximate surface area is 192 Å². The number of amides is 1. The van der Waals surface area contributed by atoms with Gasteiger partial charge >= 0.3 is 6.18 Å². The molecule has 0 N–H and O–H groups in total. The normalized spacial score (nSPS) is 12.0. The summed E-state index contributed by atoms with van der Waals surface area (Å²) in [6, 6.07) is 6.83. The second kappa shape index (κ2) is 10.4. The maximum atomic E-state index is 12.8. The summed E-state index contributed by atoms with van der Waals surface area (Å²) in [6.45, 7) is 3.77. The molecule has 0 unspecified atom stereocenters. The molecule has 3 aromatic rings. The third kappa shape index (κ3) is 6.28. The summed E-state index contributed by atoms with van der Waals surface area (Å²) in [6.07, 6.45) is 0.613. The number of oxime groups is 1. The molecular formula is C21H20ClF3N6O2. The molecular weight excluding hydrogens is 461 g/mol. The van der Waals surface area contributed by atoms with Crippen molar-refractivity contribution in [2.75, 3.05) is 11.4 Å². The van der Waals surface area contributed by atoms with Gasteiger partial charge in [-0.1, -0.05) is 22.8 Å². The van der Waals surface area contributed by atoms with Crippen LogP contribution in [-0.2, 0) is 11.0 Å². The van der Waals surface area contributed by atoms with Gasteiger partial charge in [-0.05, 0) is 38.5 Å². The molecule has 1 amide bonds. The molecule has 0 saturated carbocycles. The van der Waals surface area contributed by atoms with Crippen LogP contribution in [0.3, 0.4) is 0 Å². The highest BCUT2D eigenvalue weighted by Crippen LogP contribution is 2.29. The van der Waals surface area contributed by atoms with E-state index in [9.17, 15) is 18.0 Å². The smallest absolute Gasteiger partial charge is 0.337 e. The summed E-state index contributed by atoms with van der Waals surface area (Å²) in [4.78, 5) is 26.7. The first-order valence-electron chi connectivity index (χ1n) is 9.89. The number of hydrogen-bond donors (Lipinski definition) is 0. The Morgan fingerprint density at radius 2 is 2.03 bits per heavy atom. The molecule has 0 aliphatic carbocycles. The molecule has 0 fully saturated rings. The molecule has 0 aromatic carbocycles. The van der Waals surface area contributed by atoms with E-state index in [1.807, 2.05) is 0 Å². The zero-order valence-electron chi connectivity index (χ0n) is 17.8. The maximum absolute atomic E-state index is 12.8. The van der Waals surface area contributed by atoms with Gasteiger partial charge in [0.05, 0.1) is 23.8 Å². The number of anilines is 1. The van der Waals surface area contributed by atoms with Crippen LogP contribution in [-0.4, -0.2) is 37.9 Å². The SMILES string of the molecule is CCN(C(=O)CCC(C)=NOc1cccc(C(F)(F)F)n1)c1cn(-c2cccnc2)nc1Cl. The van der Waals surface area contributed by atoms with E-state index in [1.54, 1.807) is 44.6 Å². The highest BCUT2D eigenvalue weighted by Gasteiger charge is 2.32. The monoisotopic (exact) mass is 480 g/mol. The topological polar surface area (TPSA) is 85.5 Å². The van der Waals surface area contributed by atoms with E-state index in [0.29, 0.717) is 23.6 Å². The van der Waals surface area contributed by atoms with Gasteiger partial charge in [-0.2, -0.15) is 18.3 Å². The average Bonchev–Trinajstić information content (AvgIpc) is 3.18. The number of pyridine rings is 2. The molecule has 8 nitrogen and oxygen atoms in total. The van der Waals surface area contributed by atoms with Gasteiger partial charge in [0, 0.05) is 25.2 Å². The molecule has 0 radical (unpaired) electrons. The molecule has 0 saturated heterocycles. The van der Waals surface area contributed by atoms with Crippen LogP contribution >= 0.6 is 11.6 Å². The van der Waals surface area contributed by atoms with Crippen LogP contribution in [0.15, 0.2) is 54.1 Å². The van der Waals surface area contributed by atoms with Gasteiger partial charge < -0.3 is 9.74 Å². The van der Waals surface area contributed by atoms with Crippen molar-refractivity contribution in [1.82, 2.24) is 19.7 Å². The Hall–Kier alpha value is -3.47. The Morgan fingerprint density at radius 1 is 1.24 bits per heavy atom. The number of hydrogen-bond acceptors (Lipinski definition) is 6. The Morgan fingerprint density at radius 3 is 2.70 bits per heavy atom. The fourth-order valence-electron chi connectivity index (χ4n) is 2.84. The zero-order chi connectivity index (χ0) is 24.0. The van der Waals surface area contributed by atoms with Crippen LogP contribution in [0.1, 0.15) is 32.4 Å². The van der Waals surface area contributed by atoms with Gasteiger partial charge in [0.1, 0.15) is 11.4 Å². The van der Waals surface area contributed by atoms with E-state index in [2.05, 4.69) is 20.2 Å².